The van der Waals surface area contributed by atoms with E-state index in [1.54, 1.807) is 0 Å². The highest BCUT2D eigenvalue weighted by Crippen LogP contribution is 2.24. The standard InChI is InChI=1S/C12H21NO4S2/c14-11-4-2-1-3-10(11)13-12(15)7-18-9-5-6-19(16,17)8-9/h9-11,14H,1-8H2,(H,13,15). The van der Waals surface area contributed by atoms with Gasteiger partial charge in [0.15, 0.2) is 9.84 Å². The Kier molecular flexibility index (Phi) is 5.14. The Hall–Kier alpha value is -0.270. The maximum atomic E-state index is 11.8. The molecule has 0 aromatic rings. The van der Waals surface area contributed by atoms with Gasteiger partial charge in [0, 0.05) is 5.25 Å². The Morgan fingerprint density at radius 3 is 2.63 bits per heavy atom. The van der Waals surface area contributed by atoms with Gasteiger partial charge in [-0.3, -0.25) is 4.79 Å². The van der Waals surface area contributed by atoms with Crippen molar-refractivity contribution in [2.24, 2.45) is 0 Å². The van der Waals surface area contributed by atoms with Crippen molar-refractivity contribution in [3.63, 3.8) is 0 Å². The summed E-state index contributed by atoms with van der Waals surface area (Å²) >= 11 is 1.41. The van der Waals surface area contributed by atoms with Crippen molar-refractivity contribution in [3.05, 3.63) is 0 Å². The smallest absolute Gasteiger partial charge is 0.230 e. The van der Waals surface area contributed by atoms with E-state index in [0.717, 1.165) is 25.7 Å². The highest BCUT2D eigenvalue weighted by atomic mass is 32.2. The number of aliphatic hydroxyl groups excluding tert-OH is 1. The molecule has 0 aromatic heterocycles. The number of hydrogen-bond donors (Lipinski definition) is 2. The molecular formula is C12H21NO4S2. The van der Waals surface area contributed by atoms with E-state index in [-0.39, 0.29) is 34.5 Å². The normalized spacial score (nSPS) is 34.1. The molecule has 3 atom stereocenters. The molecule has 1 amide bonds. The molecule has 2 rings (SSSR count). The van der Waals surface area contributed by atoms with Crippen molar-refractivity contribution in [3.8, 4) is 0 Å². The van der Waals surface area contributed by atoms with Gasteiger partial charge >= 0.3 is 0 Å². The maximum absolute atomic E-state index is 11.8. The van der Waals surface area contributed by atoms with Crippen LogP contribution in [0.15, 0.2) is 0 Å². The predicted octanol–water partition coefficient (Wildman–Crippen LogP) is 0.326. The molecule has 0 spiro atoms. The zero-order valence-electron chi connectivity index (χ0n) is 10.9. The van der Waals surface area contributed by atoms with Crippen molar-refractivity contribution >= 4 is 27.5 Å². The minimum Gasteiger partial charge on any atom is -0.391 e. The minimum absolute atomic E-state index is 0.0482. The molecule has 110 valence electrons. The summed E-state index contributed by atoms with van der Waals surface area (Å²) in [5.41, 5.74) is 0. The molecule has 7 heteroatoms. The Labute approximate surface area is 118 Å². The van der Waals surface area contributed by atoms with Crippen LogP contribution in [0.2, 0.25) is 0 Å². The van der Waals surface area contributed by atoms with Crippen LogP contribution in [0.4, 0.5) is 0 Å². The fraction of sp³-hybridized carbons (Fsp3) is 0.917. The summed E-state index contributed by atoms with van der Waals surface area (Å²) in [6.07, 6.45) is 3.84. The van der Waals surface area contributed by atoms with Crippen LogP contribution in [0.5, 0.6) is 0 Å². The van der Waals surface area contributed by atoms with Gasteiger partial charge in [0.05, 0.1) is 29.4 Å². The Morgan fingerprint density at radius 1 is 1.26 bits per heavy atom. The first-order valence-corrected chi connectivity index (χ1v) is 9.63. The van der Waals surface area contributed by atoms with E-state index in [4.69, 9.17) is 0 Å². The Bertz CT molecular complexity index is 423. The monoisotopic (exact) mass is 307 g/mol. The number of sulfone groups is 1. The lowest BCUT2D eigenvalue weighted by atomic mass is 9.93. The lowest BCUT2D eigenvalue weighted by Gasteiger charge is -2.28. The first-order chi connectivity index (χ1) is 8.96. The van der Waals surface area contributed by atoms with Crippen molar-refractivity contribution in [1.82, 2.24) is 5.32 Å². The highest BCUT2D eigenvalue weighted by Gasteiger charge is 2.29. The molecule has 1 saturated heterocycles. The number of nitrogens with one attached hydrogen (secondary N) is 1. The van der Waals surface area contributed by atoms with Crippen LogP contribution in [0, 0.1) is 0 Å². The predicted molar refractivity (Wildman–Crippen MR) is 75.9 cm³/mol. The van der Waals surface area contributed by atoms with Gasteiger partial charge in [-0.2, -0.15) is 0 Å². The third-order valence-electron chi connectivity index (χ3n) is 3.72. The average molecular weight is 307 g/mol. The molecule has 19 heavy (non-hydrogen) atoms. The summed E-state index contributed by atoms with van der Waals surface area (Å²) in [6, 6.07) is -0.130. The summed E-state index contributed by atoms with van der Waals surface area (Å²) in [7, 11) is -2.87. The zero-order chi connectivity index (χ0) is 13.9. The third-order valence-corrected chi connectivity index (χ3v) is 7.00. The van der Waals surface area contributed by atoms with Crippen LogP contribution in [-0.2, 0) is 14.6 Å². The molecule has 1 aliphatic heterocycles. The first kappa shape index (κ1) is 15.1. The lowest BCUT2D eigenvalue weighted by Crippen LogP contribution is -2.45. The first-order valence-electron chi connectivity index (χ1n) is 6.76. The largest absolute Gasteiger partial charge is 0.391 e. The van der Waals surface area contributed by atoms with Crippen molar-refractivity contribution in [2.75, 3.05) is 17.3 Å². The highest BCUT2D eigenvalue weighted by molar-refractivity contribution is 8.02. The van der Waals surface area contributed by atoms with E-state index in [1.165, 1.54) is 11.8 Å². The Balaban J connectivity index is 1.70. The lowest BCUT2D eigenvalue weighted by molar-refractivity contribution is -0.120. The molecule has 1 saturated carbocycles. The maximum Gasteiger partial charge on any atom is 0.230 e. The summed E-state index contributed by atoms with van der Waals surface area (Å²) in [5, 5.41) is 12.7. The number of amides is 1. The minimum atomic E-state index is -2.87. The Morgan fingerprint density at radius 2 is 2.00 bits per heavy atom. The van der Waals surface area contributed by atoms with E-state index in [9.17, 15) is 18.3 Å². The molecule has 0 bridgehead atoms. The molecular weight excluding hydrogens is 286 g/mol. The molecule has 2 aliphatic rings. The molecule has 2 fully saturated rings. The second-order valence-corrected chi connectivity index (χ2v) is 8.88. The number of carbonyl (C=O) groups is 1. The van der Waals surface area contributed by atoms with Crippen LogP contribution in [0.3, 0.4) is 0 Å². The van der Waals surface area contributed by atoms with Gasteiger partial charge in [0.2, 0.25) is 5.91 Å². The number of hydrogen-bond acceptors (Lipinski definition) is 5. The molecule has 0 aromatic carbocycles. The second kappa shape index (κ2) is 6.45. The quantitative estimate of drug-likeness (QED) is 0.782. The molecule has 3 unspecified atom stereocenters. The number of thioether (sulfide) groups is 1. The van der Waals surface area contributed by atoms with Crippen molar-refractivity contribution in [2.45, 2.75) is 49.5 Å². The van der Waals surface area contributed by atoms with Crippen LogP contribution < -0.4 is 5.32 Å². The molecule has 5 nitrogen and oxygen atoms in total. The number of rotatable bonds is 4. The van der Waals surface area contributed by atoms with E-state index in [2.05, 4.69) is 5.32 Å². The SMILES string of the molecule is O=C(CSC1CCS(=O)(=O)C1)NC1CCCCC1O. The summed E-state index contributed by atoms with van der Waals surface area (Å²) in [4.78, 5) is 11.8. The fourth-order valence-electron chi connectivity index (χ4n) is 2.61. The van der Waals surface area contributed by atoms with E-state index < -0.39 is 15.9 Å². The molecule has 2 N–H and O–H groups in total. The van der Waals surface area contributed by atoms with Gasteiger partial charge in [-0.1, -0.05) is 12.8 Å². The van der Waals surface area contributed by atoms with Crippen molar-refractivity contribution in [1.29, 1.82) is 0 Å². The molecule has 1 aliphatic carbocycles. The van der Waals surface area contributed by atoms with E-state index >= 15 is 0 Å². The number of carbonyl (C=O) groups excluding carboxylic acids is 1. The van der Waals surface area contributed by atoms with Crippen LogP contribution in [0.1, 0.15) is 32.1 Å². The summed E-state index contributed by atoms with van der Waals surface area (Å²) < 4.78 is 22.6. The van der Waals surface area contributed by atoms with Gasteiger partial charge in [0.1, 0.15) is 0 Å². The molecule has 0 radical (unpaired) electrons. The van der Waals surface area contributed by atoms with Gasteiger partial charge in [0.25, 0.3) is 0 Å². The fourth-order valence-corrected chi connectivity index (χ4v) is 6.07. The van der Waals surface area contributed by atoms with Gasteiger partial charge < -0.3 is 10.4 Å². The second-order valence-electron chi connectivity index (χ2n) is 5.36. The van der Waals surface area contributed by atoms with Crippen LogP contribution in [0.25, 0.3) is 0 Å². The van der Waals surface area contributed by atoms with Crippen molar-refractivity contribution < 1.29 is 18.3 Å². The van der Waals surface area contributed by atoms with E-state index in [0.29, 0.717) is 6.42 Å². The topological polar surface area (TPSA) is 83.5 Å². The third kappa shape index (κ3) is 4.65. The zero-order valence-corrected chi connectivity index (χ0v) is 12.5. The van der Waals surface area contributed by atoms with Gasteiger partial charge in [-0.05, 0) is 19.3 Å². The number of aliphatic hydroxyl groups is 1. The van der Waals surface area contributed by atoms with Gasteiger partial charge in [-0.25, -0.2) is 8.42 Å². The summed E-state index contributed by atoms with van der Waals surface area (Å²) in [6.45, 7) is 0. The van der Waals surface area contributed by atoms with Gasteiger partial charge in [-0.15, -0.1) is 11.8 Å². The van der Waals surface area contributed by atoms with Crippen LogP contribution >= 0.6 is 11.8 Å². The van der Waals surface area contributed by atoms with E-state index in [1.807, 2.05) is 0 Å². The summed E-state index contributed by atoms with van der Waals surface area (Å²) in [5.74, 6) is 0.619. The molecule has 1 heterocycles. The average Bonchev–Trinajstić information content (AvgIpc) is 2.69. The van der Waals surface area contributed by atoms with Crippen LogP contribution in [-0.4, -0.2) is 54.1 Å².